The van der Waals surface area contributed by atoms with Gasteiger partial charge in [0.1, 0.15) is 12.7 Å². The molecule has 1 atom stereocenters. The summed E-state index contributed by atoms with van der Waals surface area (Å²) < 4.78 is 7.40. The minimum atomic E-state index is 0.0511. The second-order valence-corrected chi connectivity index (χ2v) is 9.36. The largest absolute Gasteiger partial charge is 0.378 e. The molecule has 29 heavy (non-hydrogen) atoms. The quantitative estimate of drug-likeness (QED) is 0.820. The SMILES string of the molecule is O=C(NC1CCC(n2cncn2)CC1)C1CCc2sc(N3CCOCC3)nc2C1. The van der Waals surface area contributed by atoms with Crippen LogP contribution < -0.4 is 10.2 Å². The summed E-state index contributed by atoms with van der Waals surface area (Å²) >= 11 is 1.80. The van der Waals surface area contributed by atoms with E-state index in [0.29, 0.717) is 6.04 Å². The number of aryl methyl sites for hydroxylation is 1. The normalized spacial score (nSPS) is 27.4. The van der Waals surface area contributed by atoms with Crippen LogP contribution in [-0.4, -0.2) is 58.0 Å². The molecule has 156 valence electrons. The van der Waals surface area contributed by atoms with Crippen molar-refractivity contribution >= 4 is 22.4 Å². The van der Waals surface area contributed by atoms with Crippen LogP contribution in [0.25, 0.3) is 0 Å². The molecular weight excluding hydrogens is 388 g/mol. The Bertz CT molecular complexity index is 824. The van der Waals surface area contributed by atoms with Gasteiger partial charge in [0.05, 0.1) is 24.9 Å². The van der Waals surface area contributed by atoms with Crippen molar-refractivity contribution in [2.75, 3.05) is 31.2 Å². The van der Waals surface area contributed by atoms with Crippen LogP contribution in [0.15, 0.2) is 12.7 Å². The van der Waals surface area contributed by atoms with Gasteiger partial charge in [0.15, 0.2) is 5.13 Å². The lowest BCUT2D eigenvalue weighted by Gasteiger charge is -2.30. The van der Waals surface area contributed by atoms with Crippen molar-refractivity contribution in [3.05, 3.63) is 23.2 Å². The van der Waals surface area contributed by atoms with Gasteiger partial charge in [-0.15, -0.1) is 11.3 Å². The van der Waals surface area contributed by atoms with Crippen LogP contribution in [0.2, 0.25) is 0 Å². The molecule has 2 aromatic rings. The number of carbonyl (C=O) groups excluding carboxylic acids is 1. The van der Waals surface area contributed by atoms with E-state index in [1.807, 2.05) is 4.68 Å². The van der Waals surface area contributed by atoms with Gasteiger partial charge >= 0.3 is 0 Å². The van der Waals surface area contributed by atoms with Crippen molar-refractivity contribution in [3.63, 3.8) is 0 Å². The number of aromatic nitrogens is 4. The van der Waals surface area contributed by atoms with E-state index in [0.717, 1.165) is 82.1 Å². The fourth-order valence-electron chi connectivity index (χ4n) is 4.69. The van der Waals surface area contributed by atoms with Crippen LogP contribution >= 0.6 is 11.3 Å². The Labute approximate surface area is 174 Å². The van der Waals surface area contributed by atoms with Crippen LogP contribution in [0.1, 0.15) is 48.7 Å². The summed E-state index contributed by atoms with van der Waals surface area (Å²) in [4.78, 5) is 25.5. The second-order valence-electron chi connectivity index (χ2n) is 8.29. The second kappa shape index (κ2) is 8.39. The number of amides is 1. The predicted molar refractivity (Wildman–Crippen MR) is 110 cm³/mol. The van der Waals surface area contributed by atoms with Gasteiger partial charge in [-0.1, -0.05) is 0 Å². The molecule has 1 unspecified atom stereocenters. The summed E-state index contributed by atoms with van der Waals surface area (Å²) in [6.45, 7) is 3.37. The van der Waals surface area contributed by atoms with Gasteiger partial charge in [-0.05, 0) is 38.5 Å². The lowest BCUT2D eigenvalue weighted by molar-refractivity contribution is -0.126. The first-order valence-corrected chi connectivity index (χ1v) is 11.5. The van der Waals surface area contributed by atoms with Gasteiger partial charge in [-0.25, -0.2) is 14.6 Å². The van der Waals surface area contributed by atoms with E-state index < -0.39 is 0 Å². The molecule has 0 aromatic carbocycles. The zero-order chi connectivity index (χ0) is 19.6. The first-order valence-electron chi connectivity index (χ1n) is 10.7. The molecule has 1 amide bonds. The highest BCUT2D eigenvalue weighted by Crippen LogP contribution is 2.35. The molecule has 5 rings (SSSR count). The highest BCUT2D eigenvalue weighted by molar-refractivity contribution is 7.15. The zero-order valence-corrected chi connectivity index (χ0v) is 17.4. The topological polar surface area (TPSA) is 85.2 Å². The average molecular weight is 417 g/mol. The van der Waals surface area contributed by atoms with Crippen molar-refractivity contribution in [3.8, 4) is 0 Å². The molecule has 2 aromatic heterocycles. The van der Waals surface area contributed by atoms with Crippen LogP contribution in [0.4, 0.5) is 5.13 Å². The van der Waals surface area contributed by atoms with Crippen LogP contribution in [0.3, 0.4) is 0 Å². The van der Waals surface area contributed by atoms with E-state index >= 15 is 0 Å². The molecule has 3 heterocycles. The van der Waals surface area contributed by atoms with E-state index in [4.69, 9.17) is 9.72 Å². The third-order valence-corrected chi connectivity index (χ3v) is 7.65. The molecule has 1 aliphatic heterocycles. The number of nitrogens with zero attached hydrogens (tertiary/aromatic N) is 5. The van der Waals surface area contributed by atoms with E-state index in [-0.39, 0.29) is 17.9 Å². The maximum atomic E-state index is 12.9. The van der Waals surface area contributed by atoms with E-state index in [1.54, 1.807) is 24.0 Å². The van der Waals surface area contributed by atoms with Crippen LogP contribution in [0, 0.1) is 5.92 Å². The van der Waals surface area contributed by atoms with Gasteiger partial charge in [0.25, 0.3) is 0 Å². The smallest absolute Gasteiger partial charge is 0.223 e. The third-order valence-electron chi connectivity index (χ3n) is 6.43. The monoisotopic (exact) mass is 416 g/mol. The molecule has 1 saturated carbocycles. The maximum absolute atomic E-state index is 12.9. The zero-order valence-electron chi connectivity index (χ0n) is 16.6. The van der Waals surface area contributed by atoms with Crippen molar-refractivity contribution in [1.82, 2.24) is 25.1 Å². The molecular formula is C20H28N6O2S. The first-order chi connectivity index (χ1) is 14.3. The van der Waals surface area contributed by atoms with Gasteiger partial charge in [-0.3, -0.25) is 4.79 Å². The van der Waals surface area contributed by atoms with Crippen LogP contribution in [0.5, 0.6) is 0 Å². The molecule has 3 aliphatic rings. The Kier molecular flexibility index (Phi) is 5.50. The molecule has 0 spiro atoms. The lowest BCUT2D eigenvalue weighted by Crippen LogP contribution is -2.42. The number of thiazole rings is 1. The number of anilines is 1. The Hall–Kier alpha value is -2.00. The van der Waals surface area contributed by atoms with E-state index in [2.05, 4.69) is 20.3 Å². The number of carbonyl (C=O) groups is 1. The highest BCUT2D eigenvalue weighted by atomic mass is 32.1. The minimum absolute atomic E-state index is 0.0511. The fourth-order valence-corrected chi connectivity index (χ4v) is 5.84. The molecule has 1 N–H and O–H groups in total. The maximum Gasteiger partial charge on any atom is 0.223 e. The molecule has 1 saturated heterocycles. The number of rotatable bonds is 4. The number of morpholine rings is 1. The van der Waals surface area contributed by atoms with Crippen LogP contribution in [-0.2, 0) is 22.4 Å². The Morgan fingerprint density at radius 2 is 2.00 bits per heavy atom. The predicted octanol–water partition coefficient (Wildman–Crippen LogP) is 1.98. The molecule has 0 radical (unpaired) electrons. The number of hydrogen-bond acceptors (Lipinski definition) is 7. The minimum Gasteiger partial charge on any atom is -0.378 e. The summed E-state index contributed by atoms with van der Waals surface area (Å²) in [5.41, 5.74) is 1.14. The number of fused-ring (bicyclic) bond motifs is 1. The Morgan fingerprint density at radius 1 is 1.17 bits per heavy atom. The van der Waals surface area contributed by atoms with Gasteiger partial charge in [0, 0.05) is 36.3 Å². The number of hydrogen-bond donors (Lipinski definition) is 1. The standard InChI is InChI=1S/C20H28N6O2S/c27-19(23-15-2-4-16(5-3-15)26-13-21-12-22-26)14-1-6-18-17(11-14)24-20(29-18)25-7-9-28-10-8-25/h12-16H,1-11H2,(H,23,27). The number of nitrogens with one attached hydrogen (secondary N) is 1. The lowest BCUT2D eigenvalue weighted by atomic mass is 9.88. The summed E-state index contributed by atoms with van der Waals surface area (Å²) in [6.07, 6.45) is 10.1. The highest BCUT2D eigenvalue weighted by Gasteiger charge is 2.31. The van der Waals surface area contributed by atoms with Crippen molar-refractivity contribution < 1.29 is 9.53 Å². The van der Waals surface area contributed by atoms with Crippen molar-refractivity contribution in [1.29, 1.82) is 0 Å². The summed E-state index contributed by atoms with van der Waals surface area (Å²) in [7, 11) is 0. The Balaban J connectivity index is 1.14. The van der Waals surface area contributed by atoms with Gasteiger partial charge in [-0.2, -0.15) is 5.10 Å². The first kappa shape index (κ1) is 19.0. The van der Waals surface area contributed by atoms with E-state index in [9.17, 15) is 4.79 Å². The van der Waals surface area contributed by atoms with E-state index in [1.165, 1.54) is 4.88 Å². The molecule has 8 nitrogen and oxygen atoms in total. The Morgan fingerprint density at radius 3 is 2.76 bits per heavy atom. The average Bonchev–Trinajstić information content (AvgIpc) is 3.44. The van der Waals surface area contributed by atoms with Gasteiger partial charge in [0.2, 0.25) is 5.91 Å². The third kappa shape index (κ3) is 4.16. The molecule has 0 bridgehead atoms. The van der Waals surface area contributed by atoms with Gasteiger partial charge < -0.3 is 15.0 Å². The van der Waals surface area contributed by atoms with Crippen molar-refractivity contribution in [2.24, 2.45) is 5.92 Å². The summed E-state index contributed by atoms with van der Waals surface area (Å²) in [6, 6.07) is 0.694. The van der Waals surface area contributed by atoms with Crippen molar-refractivity contribution in [2.45, 2.75) is 57.0 Å². The molecule has 2 aliphatic carbocycles. The fraction of sp³-hybridized carbons (Fsp3) is 0.700. The molecule has 9 heteroatoms. The molecule has 2 fully saturated rings. The number of ether oxygens (including phenoxy) is 1. The summed E-state index contributed by atoms with van der Waals surface area (Å²) in [5, 5.41) is 8.68. The summed E-state index contributed by atoms with van der Waals surface area (Å²) in [5.74, 6) is 0.260.